The summed E-state index contributed by atoms with van der Waals surface area (Å²) in [5.74, 6) is -1.86. The van der Waals surface area contributed by atoms with Crippen molar-refractivity contribution in [3.63, 3.8) is 0 Å². The van der Waals surface area contributed by atoms with Crippen LogP contribution in [0.15, 0.2) is 47.7 Å². The third kappa shape index (κ3) is 5.89. The van der Waals surface area contributed by atoms with Gasteiger partial charge in [0.05, 0.1) is 24.4 Å². The molecule has 2 heterocycles. The molecule has 2 aromatic rings. The second-order valence-electron chi connectivity index (χ2n) is 8.37. The highest BCUT2D eigenvalue weighted by atomic mass is 19.1. The van der Waals surface area contributed by atoms with Crippen LogP contribution in [0.1, 0.15) is 50.4 Å². The molecule has 0 saturated carbocycles. The minimum absolute atomic E-state index is 0.0727. The van der Waals surface area contributed by atoms with Gasteiger partial charge in [-0.2, -0.15) is 5.10 Å². The Bertz CT molecular complexity index is 1000. The van der Waals surface area contributed by atoms with Crippen molar-refractivity contribution in [2.75, 3.05) is 34.9 Å². The second kappa shape index (κ2) is 11.1. The lowest BCUT2D eigenvalue weighted by molar-refractivity contribution is -0.148. The van der Waals surface area contributed by atoms with Gasteiger partial charge >= 0.3 is 5.97 Å². The van der Waals surface area contributed by atoms with Crippen LogP contribution >= 0.6 is 0 Å². The number of pyridine rings is 1. The van der Waals surface area contributed by atoms with Gasteiger partial charge < -0.3 is 15.0 Å². The molecule has 1 aliphatic rings. The molecule has 9 heteroatoms. The number of esters is 1. The Balaban J connectivity index is 1.64. The van der Waals surface area contributed by atoms with E-state index in [-0.39, 0.29) is 24.2 Å². The van der Waals surface area contributed by atoms with E-state index in [0.29, 0.717) is 23.7 Å². The van der Waals surface area contributed by atoms with Gasteiger partial charge in [-0.1, -0.05) is 13.0 Å². The van der Waals surface area contributed by atoms with Crippen LogP contribution in [0, 0.1) is 5.92 Å². The van der Waals surface area contributed by atoms with Gasteiger partial charge in [0.25, 0.3) is 5.91 Å². The van der Waals surface area contributed by atoms with Gasteiger partial charge in [0.1, 0.15) is 5.82 Å². The predicted molar refractivity (Wildman–Crippen MR) is 132 cm³/mol. The van der Waals surface area contributed by atoms with Crippen LogP contribution in [-0.2, 0) is 9.53 Å². The van der Waals surface area contributed by atoms with E-state index < -0.39 is 5.79 Å². The van der Waals surface area contributed by atoms with E-state index in [1.165, 1.54) is 18.1 Å². The Hall–Kier alpha value is -3.49. The quantitative estimate of drug-likeness (QED) is 0.249. The number of ether oxygens (including phenoxy) is 1. The fourth-order valence-electron chi connectivity index (χ4n) is 3.90. The predicted octanol–water partition coefficient (Wildman–Crippen LogP) is 4.63. The van der Waals surface area contributed by atoms with E-state index in [9.17, 15) is 14.0 Å². The fraction of sp³-hybridized carbons (Fsp3) is 0.440. The summed E-state index contributed by atoms with van der Waals surface area (Å²) >= 11 is 0. The van der Waals surface area contributed by atoms with Gasteiger partial charge in [0.15, 0.2) is 5.79 Å². The average molecular weight is 470 g/mol. The number of benzene rings is 1. The van der Waals surface area contributed by atoms with Crippen LogP contribution in [0.2, 0.25) is 0 Å². The smallest absolute Gasteiger partial charge is 0.309 e. The van der Waals surface area contributed by atoms with Crippen molar-refractivity contribution in [1.82, 2.24) is 4.98 Å². The monoisotopic (exact) mass is 469 g/mol. The van der Waals surface area contributed by atoms with E-state index in [4.69, 9.17) is 4.74 Å². The van der Waals surface area contributed by atoms with Gasteiger partial charge in [-0.05, 0) is 63.4 Å². The zero-order chi connectivity index (χ0) is 24.7. The van der Waals surface area contributed by atoms with E-state index in [2.05, 4.69) is 27.0 Å². The second-order valence-corrected chi connectivity index (χ2v) is 8.37. The van der Waals surface area contributed by atoms with Crippen molar-refractivity contribution in [3.8, 4) is 0 Å². The number of hydrogen-bond acceptors (Lipinski definition) is 7. The molecule has 1 unspecified atom stereocenters. The number of carbonyl (C=O) groups is 2. The molecular weight excluding hydrogens is 437 g/mol. The fourth-order valence-corrected chi connectivity index (χ4v) is 3.90. The first-order valence-electron chi connectivity index (χ1n) is 11.5. The normalized spacial score (nSPS) is 15.8. The summed E-state index contributed by atoms with van der Waals surface area (Å²) in [7, 11) is 0. The molecular formula is C25H32FN5O3. The molecule has 1 atom stereocenters. The van der Waals surface area contributed by atoms with Crippen molar-refractivity contribution >= 4 is 35.8 Å². The number of hydrazone groups is 1. The van der Waals surface area contributed by atoms with Crippen LogP contribution in [0.25, 0.3) is 0 Å². The number of piperidine rings is 1. The lowest BCUT2D eigenvalue weighted by Gasteiger charge is -2.32. The maximum absolute atomic E-state index is 14.7. The number of nitrogens with zero attached hydrogens (tertiary/aromatic N) is 4. The number of carbonyl (C=O) groups excluding carboxylic acids is 2. The first-order valence-corrected chi connectivity index (χ1v) is 11.5. The Morgan fingerprint density at radius 1 is 1.29 bits per heavy atom. The molecule has 1 amide bonds. The van der Waals surface area contributed by atoms with E-state index >= 15 is 0 Å². The van der Waals surface area contributed by atoms with Crippen LogP contribution in [0.4, 0.5) is 21.6 Å². The molecule has 0 aliphatic carbocycles. The van der Waals surface area contributed by atoms with Gasteiger partial charge in [-0.15, -0.1) is 0 Å². The Labute approximate surface area is 199 Å². The molecule has 182 valence electrons. The van der Waals surface area contributed by atoms with Crippen molar-refractivity contribution in [2.45, 2.75) is 45.8 Å². The summed E-state index contributed by atoms with van der Waals surface area (Å²) in [6, 6.07) is 10.6. The molecule has 1 aliphatic heterocycles. The highest BCUT2D eigenvalue weighted by Crippen LogP contribution is 2.29. The van der Waals surface area contributed by atoms with E-state index in [1.54, 1.807) is 25.1 Å². The summed E-state index contributed by atoms with van der Waals surface area (Å²) in [4.78, 5) is 31.2. The minimum atomic E-state index is -1.70. The van der Waals surface area contributed by atoms with Crippen molar-refractivity contribution in [2.24, 2.45) is 11.0 Å². The summed E-state index contributed by atoms with van der Waals surface area (Å²) < 4.78 is 19.8. The lowest BCUT2D eigenvalue weighted by Crippen LogP contribution is -2.38. The number of rotatable bonds is 9. The first kappa shape index (κ1) is 25.1. The standard InChI is InChI=1S/C25H32FN5O3/c1-5-25(3,26)31(27-4)21-10-11-22(28-17-21)29-23(32)19-8-7-9-20(16-19)30-14-12-18(13-15-30)24(33)34-6-2/h7-11,16-18H,4-6,12-15H2,1-3H3,(H,28,29,32). The third-order valence-electron chi connectivity index (χ3n) is 6.05. The van der Waals surface area contributed by atoms with Gasteiger partial charge in [0.2, 0.25) is 0 Å². The maximum Gasteiger partial charge on any atom is 0.309 e. The molecule has 1 fully saturated rings. The Kier molecular flexibility index (Phi) is 8.20. The average Bonchev–Trinajstić information content (AvgIpc) is 2.85. The van der Waals surface area contributed by atoms with Gasteiger partial charge in [0, 0.05) is 31.1 Å². The number of alkyl halides is 1. The summed E-state index contributed by atoms with van der Waals surface area (Å²) in [5.41, 5.74) is 1.86. The van der Waals surface area contributed by atoms with Gasteiger partial charge in [-0.25, -0.2) is 14.4 Å². The number of anilines is 3. The summed E-state index contributed by atoms with van der Waals surface area (Å²) in [5, 5.41) is 7.71. The highest BCUT2D eigenvalue weighted by molar-refractivity contribution is 6.04. The molecule has 8 nitrogen and oxygen atoms in total. The Morgan fingerprint density at radius 3 is 2.62 bits per heavy atom. The first-order chi connectivity index (χ1) is 16.3. The highest BCUT2D eigenvalue weighted by Gasteiger charge is 2.30. The summed E-state index contributed by atoms with van der Waals surface area (Å²) in [6.07, 6.45) is 3.11. The number of nitrogens with one attached hydrogen (secondary N) is 1. The topological polar surface area (TPSA) is 87.1 Å². The van der Waals surface area contributed by atoms with Crippen LogP contribution in [0.5, 0.6) is 0 Å². The summed E-state index contributed by atoms with van der Waals surface area (Å²) in [6.45, 7) is 10.2. The molecule has 0 bridgehead atoms. The number of halogens is 1. The van der Waals surface area contributed by atoms with Gasteiger partial charge in [-0.3, -0.25) is 9.59 Å². The Morgan fingerprint density at radius 2 is 2.03 bits per heavy atom. The van der Waals surface area contributed by atoms with E-state index in [1.807, 2.05) is 25.1 Å². The molecule has 3 rings (SSSR count). The molecule has 34 heavy (non-hydrogen) atoms. The lowest BCUT2D eigenvalue weighted by atomic mass is 9.96. The van der Waals surface area contributed by atoms with Crippen molar-refractivity contribution in [3.05, 3.63) is 48.2 Å². The molecule has 1 N–H and O–H groups in total. The molecule has 1 aromatic heterocycles. The zero-order valence-corrected chi connectivity index (χ0v) is 20.0. The van der Waals surface area contributed by atoms with Crippen LogP contribution in [-0.4, -0.2) is 49.1 Å². The van der Waals surface area contributed by atoms with Crippen molar-refractivity contribution < 1.29 is 18.7 Å². The van der Waals surface area contributed by atoms with Crippen LogP contribution < -0.4 is 15.2 Å². The SMILES string of the molecule is C=NN(c1ccc(NC(=O)c2cccc(N3CCC(C(=O)OCC)CC3)c2)nc1)C(C)(F)CC. The minimum Gasteiger partial charge on any atom is -0.466 e. The number of aromatic nitrogens is 1. The number of amides is 1. The number of hydrogen-bond donors (Lipinski definition) is 1. The molecule has 1 aromatic carbocycles. The largest absolute Gasteiger partial charge is 0.466 e. The zero-order valence-electron chi connectivity index (χ0n) is 20.0. The molecule has 0 radical (unpaired) electrons. The maximum atomic E-state index is 14.7. The molecule has 0 spiro atoms. The van der Waals surface area contributed by atoms with E-state index in [0.717, 1.165) is 31.6 Å². The van der Waals surface area contributed by atoms with Crippen molar-refractivity contribution in [1.29, 1.82) is 0 Å². The van der Waals surface area contributed by atoms with Crippen LogP contribution in [0.3, 0.4) is 0 Å². The molecule has 1 saturated heterocycles. The third-order valence-corrected chi connectivity index (χ3v) is 6.05.